The van der Waals surface area contributed by atoms with Gasteiger partial charge in [-0.2, -0.15) is 4.72 Å². The van der Waals surface area contributed by atoms with E-state index >= 15 is 0 Å². The smallest absolute Gasteiger partial charge is 0.242 e. The van der Waals surface area contributed by atoms with Crippen molar-refractivity contribution >= 4 is 33.2 Å². The van der Waals surface area contributed by atoms with E-state index in [0.29, 0.717) is 12.4 Å². The minimum Gasteiger partial charge on any atom is -0.494 e. The van der Waals surface area contributed by atoms with Gasteiger partial charge in [0, 0.05) is 5.69 Å². The Hall–Kier alpha value is -2.16. The van der Waals surface area contributed by atoms with Gasteiger partial charge in [-0.3, -0.25) is 4.79 Å². The van der Waals surface area contributed by atoms with Crippen molar-refractivity contribution in [1.29, 1.82) is 0 Å². The number of benzene rings is 2. The van der Waals surface area contributed by atoms with E-state index in [2.05, 4.69) is 10.0 Å². The van der Waals surface area contributed by atoms with E-state index in [9.17, 15) is 17.6 Å². The molecule has 0 heterocycles. The summed E-state index contributed by atoms with van der Waals surface area (Å²) < 4.78 is 45.4. The summed E-state index contributed by atoms with van der Waals surface area (Å²) >= 11 is 5.65. The van der Waals surface area contributed by atoms with Gasteiger partial charge in [0.1, 0.15) is 11.6 Å². The molecular weight excluding hydrogens is 383 g/mol. The first-order chi connectivity index (χ1) is 12.2. The van der Waals surface area contributed by atoms with Crippen LogP contribution in [0.5, 0.6) is 5.75 Å². The molecule has 140 valence electrons. The van der Waals surface area contributed by atoms with Gasteiger partial charge in [0.2, 0.25) is 15.9 Å². The summed E-state index contributed by atoms with van der Waals surface area (Å²) in [4.78, 5) is 12.2. The number of hydrogen-bond donors (Lipinski definition) is 2. The van der Waals surface area contributed by atoms with E-state index in [1.54, 1.807) is 0 Å². The third-order valence-corrected chi connectivity index (χ3v) is 5.20. The molecule has 0 fully saturated rings. The van der Waals surface area contributed by atoms with Crippen LogP contribution in [0.4, 0.5) is 10.1 Å². The van der Waals surface area contributed by atoms with Gasteiger partial charge in [-0.1, -0.05) is 11.6 Å². The van der Waals surface area contributed by atoms with Crippen LogP contribution in [0.2, 0.25) is 5.02 Å². The molecule has 2 N–H and O–H groups in total. The van der Waals surface area contributed by atoms with E-state index < -0.39 is 27.8 Å². The first kappa shape index (κ1) is 20.2. The van der Waals surface area contributed by atoms with Gasteiger partial charge in [-0.15, -0.1) is 0 Å². The quantitative estimate of drug-likeness (QED) is 0.747. The van der Waals surface area contributed by atoms with Crippen molar-refractivity contribution in [2.24, 2.45) is 0 Å². The standard InChI is InChI=1S/C17H18ClFN2O4S/c1-3-25-13-5-7-14(8-6-13)26(23,24)21-11(2)17(22)20-12-4-9-16(19)15(18)10-12/h4-11,21H,3H2,1-2H3,(H,20,22)/t11-/m0/s1. The van der Waals surface area contributed by atoms with Crippen molar-refractivity contribution in [3.63, 3.8) is 0 Å². The highest BCUT2D eigenvalue weighted by Gasteiger charge is 2.22. The summed E-state index contributed by atoms with van der Waals surface area (Å²) in [6, 6.07) is 8.44. The molecule has 1 atom stereocenters. The molecule has 0 radical (unpaired) electrons. The molecule has 0 bridgehead atoms. The summed E-state index contributed by atoms with van der Waals surface area (Å²) in [5.74, 6) is -0.679. The normalized spacial score (nSPS) is 12.5. The van der Waals surface area contributed by atoms with Gasteiger partial charge >= 0.3 is 0 Å². The number of carbonyl (C=O) groups is 1. The van der Waals surface area contributed by atoms with Gasteiger partial charge < -0.3 is 10.1 Å². The zero-order valence-electron chi connectivity index (χ0n) is 14.1. The Morgan fingerprint density at radius 2 is 1.88 bits per heavy atom. The molecule has 0 aliphatic carbocycles. The van der Waals surface area contributed by atoms with Crippen LogP contribution in [0.1, 0.15) is 13.8 Å². The highest BCUT2D eigenvalue weighted by atomic mass is 35.5. The van der Waals surface area contributed by atoms with E-state index in [1.807, 2.05) is 6.92 Å². The van der Waals surface area contributed by atoms with Crippen molar-refractivity contribution in [2.45, 2.75) is 24.8 Å². The van der Waals surface area contributed by atoms with Crippen LogP contribution in [0, 0.1) is 5.82 Å². The molecule has 0 aliphatic heterocycles. The van der Waals surface area contributed by atoms with Crippen molar-refractivity contribution in [3.05, 3.63) is 53.3 Å². The lowest BCUT2D eigenvalue weighted by Gasteiger charge is -2.15. The van der Waals surface area contributed by atoms with Crippen LogP contribution in [-0.2, 0) is 14.8 Å². The molecule has 26 heavy (non-hydrogen) atoms. The Balaban J connectivity index is 2.05. The lowest BCUT2D eigenvalue weighted by Crippen LogP contribution is -2.41. The van der Waals surface area contributed by atoms with E-state index in [0.717, 1.165) is 6.07 Å². The number of halogens is 2. The van der Waals surface area contributed by atoms with Crippen LogP contribution in [0.3, 0.4) is 0 Å². The molecule has 2 rings (SSSR count). The minimum atomic E-state index is -3.90. The average Bonchev–Trinajstić information content (AvgIpc) is 2.58. The van der Waals surface area contributed by atoms with E-state index in [1.165, 1.54) is 43.3 Å². The summed E-state index contributed by atoms with van der Waals surface area (Å²) in [5.41, 5.74) is 0.258. The molecular formula is C17H18ClFN2O4S. The SMILES string of the molecule is CCOc1ccc(S(=O)(=O)N[C@@H](C)C(=O)Nc2ccc(F)c(Cl)c2)cc1. The van der Waals surface area contributed by atoms with E-state index in [4.69, 9.17) is 16.3 Å². The zero-order valence-corrected chi connectivity index (χ0v) is 15.7. The summed E-state index contributed by atoms with van der Waals surface area (Å²) in [7, 11) is -3.90. The first-order valence-electron chi connectivity index (χ1n) is 7.74. The number of hydrogen-bond acceptors (Lipinski definition) is 4. The number of rotatable bonds is 7. The fraction of sp³-hybridized carbons (Fsp3) is 0.235. The molecule has 0 saturated carbocycles. The lowest BCUT2D eigenvalue weighted by molar-refractivity contribution is -0.117. The minimum absolute atomic E-state index is 0.00503. The second-order valence-corrected chi connectivity index (χ2v) is 7.49. The molecule has 1 amide bonds. The van der Waals surface area contributed by atoms with E-state index in [-0.39, 0.29) is 15.6 Å². The fourth-order valence-electron chi connectivity index (χ4n) is 2.06. The Morgan fingerprint density at radius 1 is 1.23 bits per heavy atom. The van der Waals surface area contributed by atoms with Crippen molar-refractivity contribution in [3.8, 4) is 5.75 Å². The molecule has 0 aliphatic rings. The summed E-state index contributed by atoms with van der Waals surface area (Å²) in [6.45, 7) is 3.68. The Morgan fingerprint density at radius 3 is 2.46 bits per heavy atom. The van der Waals surface area contributed by atoms with Crippen molar-refractivity contribution < 1.29 is 22.3 Å². The molecule has 0 aromatic heterocycles. The van der Waals surface area contributed by atoms with Gasteiger partial charge in [0.25, 0.3) is 0 Å². The third kappa shape index (κ3) is 5.17. The predicted molar refractivity (Wildman–Crippen MR) is 97.4 cm³/mol. The zero-order chi connectivity index (χ0) is 19.3. The number of nitrogens with one attached hydrogen (secondary N) is 2. The molecule has 9 heteroatoms. The second kappa shape index (κ2) is 8.48. The number of amides is 1. The molecule has 0 spiro atoms. The van der Waals surface area contributed by atoms with Gasteiger partial charge in [-0.25, -0.2) is 12.8 Å². The molecule has 0 unspecified atom stereocenters. The molecule has 2 aromatic carbocycles. The number of ether oxygens (including phenoxy) is 1. The molecule has 0 saturated heterocycles. The highest BCUT2D eigenvalue weighted by Crippen LogP contribution is 2.20. The van der Waals surface area contributed by atoms with Crippen LogP contribution >= 0.6 is 11.6 Å². The van der Waals surface area contributed by atoms with Crippen LogP contribution in [0.25, 0.3) is 0 Å². The molecule has 2 aromatic rings. The Bertz CT molecular complexity index is 888. The average molecular weight is 401 g/mol. The van der Waals surface area contributed by atoms with Gasteiger partial charge in [0.15, 0.2) is 0 Å². The number of anilines is 1. The fourth-order valence-corrected chi connectivity index (χ4v) is 3.44. The van der Waals surface area contributed by atoms with Crippen molar-refractivity contribution in [1.82, 2.24) is 4.72 Å². The number of carbonyl (C=O) groups excluding carboxylic acids is 1. The lowest BCUT2D eigenvalue weighted by atomic mass is 10.3. The maximum atomic E-state index is 13.1. The molecule has 6 nitrogen and oxygen atoms in total. The Labute approximate surface area is 156 Å². The largest absolute Gasteiger partial charge is 0.494 e. The number of sulfonamides is 1. The van der Waals surface area contributed by atoms with Crippen LogP contribution in [0.15, 0.2) is 47.4 Å². The third-order valence-electron chi connectivity index (χ3n) is 3.36. The maximum Gasteiger partial charge on any atom is 0.242 e. The summed E-state index contributed by atoms with van der Waals surface area (Å²) in [6.07, 6.45) is 0. The first-order valence-corrected chi connectivity index (χ1v) is 9.60. The van der Waals surface area contributed by atoms with Crippen molar-refractivity contribution in [2.75, 3.05) is 11.9 Å². The van der Waals surface area contributed by atoms with Gasteiger partial charge in [0.05, 0.1) is 22.6 Å². The predicted octanol–water partition coefficient (Wildman–Crippen LogP) is 3.18. The Kier molecular flexibility index (Phi) is 6.57. The van der Waals surface area contributed by atoms with Gasteiger partial charge in [-0.05, 0) is 56.3 Å². The summed E-state index contributed by atoms with van der Waals surface area (Å²) in [5, 5.41) is 2.32. The second-order valence-electron chi connectivity index (χ2n) is 5.37. The monoisotopic (exact) mass is 400 g/mol. The van der Waals surface area contributed by atoms with Crippen LogP contribution in [-0.4, -0.2) is 27.0 Å². The topological polar surface area (TPSA) is 84.5 Å². The maximum absolute atomic E-state index is 13.1. The highest BCUT2D eigenvalue weighted by molar-refractivity contribution is 7.89. The van der Waals surface area contributed by atoms with Crippen LogP contribution < -0.4 is 14.8 Å².